The Bertz CT molecular complexity index is 1650. The number of ether oxygens (including phenoxy) is 2. The van der Waals surface area contributed by atoms with Crippen LogP contribution in [-0.2, 0) is 22.8 Å². The van der Waals surface area contributed by atoms with E-state index in [1.54, 1.807) is 42.5 Å². The molecule has 0 aromatic heterocycles. The second-order valence-electron chi connectivity index (χ2n) is 9.33. The molecule has 5 rings (SSSR count). The molecule has 0 atom stereocenters. The van der Waals surface area contributed by atoms with Crippen LogP contribution >= 0.6 is 27.5 Å². The molecule has 1 N–H and O–H groups in total. The van der Waals surface area contributed by atoms with Crippen LogP contribution in [0.5, 0.6) is 11.5 Å². The third-order valence-corrected chi connectivity index (χ3v) is 7.03. The van der Waals surface area contributed by atoms with Crippen LogP contribution in [0.1, 0.15) is 22.3 Å². The fourth-order valence-corrected chi connectivity index (χ4v) is 4.66. The predicted octanol–water partition coefficient (Wildman–Crippen LogP) is 7.24. The maximum atomic E-state index is 13.5. The van der Waals surface area contributed by atoms with Crippen molar-refractivity contribution >= 4 is 57.1 Å². The van der Waals surface area contributed by atoms with Crippen molar-refractivity contribution in [1.29, 1.82) is 0 Å². The molecule has 0 saturated carbocycles. The quantitative estimate of drug-likeness (QED) is 0.164. The van der Waals surface area contributed by atoms with Crippen molar-refractivity contribution in [2.45, 2.75) is 20.1 Å². The highest BCUT2D eigenvalue weighted by molar-refractivity contribution is 9.10. The van der Waals surface area contributed by atoms with Gasteiger partial charge in [-0.15, -0.1) is 0 Å². The van der Waals surface area contributed by atoms with E-state index in [0.717, 1.165) is 26.1 Å². The number of carbonyl (C=O) groups excluding carboxylic acids is 3. The Morgan fingerprint density at radius 1 is 0.854 bits per heavy atom. The van der Waals surface area contributed by atoms with E-state index in [-0.39, 0.29) is 17.9 Å². The molecular weight excluding hydrogens is 608 g/mol. The van der Waals surface area contributed by atoms with E-state index in [2.05, 4.69) is 21.2 Å². The molecule has 0 radical (unpaired) electrons. The summed E-state index contributed by atoms with van der Waals surface area (Å²) >= 11 is 9.64. The van der Waals surface area contributed by atoms with Gasteiger partial charge in [0, 0.05) is 15.1 Å². The molecule has 206 valence electrons. The minimum atomic E-state index is -0.845. The van der Waals surface area contributed by atoms with Gasteiger partial charge in [0.15, 0.2) is 0 Å². The van der Waals surface area contributed by atoms with E-state index in [0.29, 0.717) is 28.7 Å². The first kappa shape index (κ1) is 28.1. The van der Waals surface area contributed by atoms with Crippen LogP contribution in [0.15, 0.2) is 101 Å². The van der Waals surface area contributed by atoms with E-state index in [9.17, 15) is 14.4 Å². The normalized spacial score (nSPS) is 14.3. The van der Waals surface area contributed by atoms with Gasteiger partial charge in [0.1, 0.15) is 30.3 Å². The minimum Gasteiger partial charge on any atom is -0.489 e. The Hall–Kier alpha value is -4.40. The lowest BCUT2D eigenvalue weighted by atomic mass is 10.1. The molecule has 1 aliphatic heterocycles. The molecule has 1 saturated heterocycles. The van der Waals surface area contributed by atoms with Gasteiger partial charge >= 0.3 is 6.03 Å². The monoisotopic (exact) mass is 630 g/mol. The predicted molar refractivity (Wildman–Crippen MR) is 161 cm³/mol. The highest BCUT2D eigenvalue weighted by Crippen LogP contribution is 2.29. The lowest BCUT2D eigenvalue weighted by molar-refractivity contribution is -0.122. The molecule has 0 unspecified atom stereocenters. The summed E-state index contributed by atoms with van der Waals surface area (Å²) in [5, 5.41) is 2.64. The first-order valence-electron chi connectivity index (χ1n) is 12.6. The van der Waals surface area contributed by atoms with Crippen LogP contribution in [0.2, 0.25) is 5.02 Å². The fraction of sp³-hybridized carbons (Fsp3) is 0.0938. The number of imide groups is 2. The Kier molecular flexibility index (Phi) is 8.52. The maximum absolute atomic E-state index is 13.5. The molecule has 0 bridgehead atoms. The number of carbonyl (C=O) groups is 3. The molecule has 4 aromatic rings. The van der Waals surface area contributed by atoms with E-state index in [1.165, 1.54) is 6.08 Å². The number of aryl methyl sites for hydroxylation is 1. The zero-order chi connectivity index (χ0) is 28.9. The van der Waals surface area contributed by atoms with Crippen molar-refractivity contribution in [3.63, 3.8) is 0 Å². The first-order chi connectivity index (χ1) is 19.8. The fourth-order valence-electron chi connectivity index (χ4n) is 4.21. The van der Waals surface area contributed by atoms with Gasteiger partial charge < -0.3 is 9.47 Å². The lowest BCUT2D eigenvalue weighted by Gasteiger charge is -2.26. The standard InChI is InChI=1S/C32H24BrClN2O5/c1-20-3-2-4-22(15-20)19-41-29-14-9-25(34)16-23(29)17-28-30(37)35-32(39)36(31(28)38)26-10-12-27(13-11-26)40-18-21-5-7-24(33)8-6-21/h2-17H,18-19H2,1H3,(H,35,37,39)/b28-17+. The second kappa shape index (κ2) is 12.4. The lowest BCUT2D eigenvalue weighted by Crippen LogP contribution is -2.54. The smallest absolute Gasteiger partial charge is 0.335 e. The van der Waals surface area contributed by atoms with Crippen LogP contribution in [0.4, 0.5) is 10.5 Å². The van der Waals surface area contributed by atoms with Gasteiger partial charge in [-0.2, -0.15) is 0 Å². The van der Waals surface area contributed by atoms with Crippen LogP contribution in [0.3, 0.4) is 0 Å². The Balaban J connectivity index is 1.35. The van der Waals surface area contributed by atoms with Gasteiger partial charge in [0.25, 0.3) is 11.8 Å². The number of urea groups is 1. The van der Waals surface area contributed by atoms with Crippen LogP contribution in [0.25, 0.3) is 6.08 Å². The number of amides is 4. The van der Waals surface area contributed by atoms with Gasteiger partial charge in [0.05, 0.1) is 5.69 Å². The van der Waals surface area contributed by atoms with Gasteiger partial charge in [-0.05, 0) is 78.7 Å². The zero-order valence-corrected chi connectivity index (χ0v) is 24.2. The van der Waals surface area contributed by atoms with Crippen LogP contribution in [0, 0.1) is 6.92 Å². The molecule has 0 aliphatic carbocycles. The summed E-state index contributed by atoms with van der Waals surface area (Å²) in [6, 6.07) is 26.2. The number of benzene rings is 4. The summed E-state index contributed by atoms with van der Waals surface area (Å²) in [6.07, 6.45) is 1.38. The van der Waals surface area contributed by atoms with Crippen molar-refractivity contribution < 1.29 is 23.9 Å². The number of anilines is 1. The molecule has 4 amide bonds. The van der Waals surface area contributed by atoms with Crippen LogP contribution in [-0.4, -0.2) is 17.8 Å². The van der Waals surface area contributed by atoms with Crippen molar-refractivity contribution in [3.05, 3.63) is 128 Å². The molecule has 41 heavy (non-hydrogen) atoms. The molecular formula is C32H24BrClN2O5. The topological polar surface area (TPSA) is 84.9 Å². The Morgan fingerprint density at radius 3 is 2.32 bits per heavy atom. The van der Waals surface area contributed by atoms with Crippen LogP contribution < -0.4 is 19.7 Å². The number of nitrogens with zero attached hydrogens (tertiary/aromatic N) is 1. The van der Waals surface area contributed by atoms with Crippen molar-refractivity contribution in [3.8, 4) is 11.5 Å². The molecule has 0 spiro atoms. The number of hydrogen-bond donors (Lipinski definition) is 1. The SMILES string of the molecule is Cc1cccc(COc2ccc(Cl)cc2/C=C2\C(=O)NC(=O)N(c3ccc(OCc4ccc(Br)cc4)cc3)C2=O)c1. The van der Waals surface area contributed by atoms with Gasteiger partial charge in [-0.3, -0.25) is 14.9 Å². The minimum absolute atomic E-state index is 0.233. The molecule has 7 nitrogen and oxygen atoms in total. The zero-order valence-electron chi connectivity index (χ0n) is 21.9. The van der Waals surface area contributed by atoms with Crippen molar-refractivity contribution in [2.24, 2.45) is 0 Å². The van der Waals surface area contributed by atoms with E-state index in [4.69, 9.17) is 21.1 Å². The number of nitrogens with one attached hydrogen (secondary N) is 1. The largest absolute Gasteiger partial charge is 0.489 e. The van der Waals surface area contributed by atoms with E-state index in [1.807, 2.05) is 55.5 Å². The highest BCUT2D eigenvalue weighted by Gasteiger charge is 2.37. The number of halogens is 2. The summed E-state index contributed by atoms with van der Waals surface area (Å²) in [7, 11) is 0. The van der Waals surface area contributed by atoms with Gasteiger partial charge in [-0.1, -0.05) is 69.5 Å². The maximum Gasteiger partial charge on any atom is 0.335 e. The van der Waals surface area contributed by atoms with E-state index < -0.39 is 17.8 Å². The summed E-state index contributed by atoms with van der Waals surface area (Å²) < 4.78 is 12.8. The number of barbiturate groups is 1. The number of hydrogen-bond acceptors (Lipinski definition) is 5. The van der Waals surface area contributed by atoms with Crippen molar-refractivity contribution in [1.82, 2.24) is 5.32 Å². The Labute approximate surface area is 250 Å². The highest BCUT2D eigenvalue weighted by atomic mass is 79.9. The molecule has 4 aromatic carbocycles. The summed E-state index contributed by atoms with van der Waals surface area (Å²) in [5.41, 5.74) is 3.52. The van der Waals surface area contributed by atoms with E-state index >= 15 is 0 Å². The third kappa shape index (κ3) is 6.85. The summed E-state index contributed by atoms with van der Waals surface area (Å²) in [5.74, 6) is -0.593. The van der Waals surface area contributed by atoms with Gasteiger partial charge in [-0.25, -0.2) is 9.69 Å². The average Bonchev–Trinajstić information content (AvgIpc) is 2.95. The van der Waals surface area contributed by atoms with Crippen molar-refractivity contribution in [2.75, 3.05) is 4.90 Å². The molecule has 9 heteroatoms. The number of rotatable bonds is 8. The average molecular weight is 632 g/mol. The first-order valence-corrected chi connectivity index (χ1v) is 13.8. The molecule has 1 heterocycles. The summed E-state index contributed by atoms with van der Waals surface area (Å²) in [6.45, 7) is 2.62. The second-order valence-corrected chi connectivity index (χ2v) is 10.7. The molecule has 1 fully saturated rings. The summed E-state index contributed by atoms with van der Waals surface area (Å²) in [4.78, 5) is 39.8. The third-order valence-electron chi connectivity index (χ3n) is 6.26. The Morgan fingerprint density at radius 2 is 1.59 bits per heavy atom. The molecule has 1 aliphatic rings. The van der Waals surface area contributed by atoms with Gasteiger partial charge in [0.2, 0.25) is 0 Å².